The van der Waals surface area contributed by atoms with Crippen LogP contribution in [0.4, 0.5) is 15.8 Å². The summed E-state index contributed by atoms with van der Waals surface area (Å²) in [5.41, 5.74) is 6.42. The van der Waals surface area contributed by atoms with Crippen molar-refractivity contribution in [3.05, 3.63) is 47.7 Å². The number of anilines is 2. The molecule has 1 aromatic carbocycles. The third-order valence-electron chi connectivity index (χ3n) is 2.33. The van der Waals surface area contributed by atoms with Crippen LogP contribution in [0, 0.1) is 12.7 Å². The Morgan fingerprint density at radius 1 is 1.41 bits per heavy atom. The van der Waals surface area contributed by atoms with E-state index in [2.05, 4.69) is 5.32 Å². The summed E-state index contributed by atoms with van der Waals surface area (Å²) in [6.07, 6.45) is 1.42. The zero-order valence-corrected chi connectivity index (χ0v) is 9.16. The molecule has 2 rings (SSSR count). The average molecular weight is 234 g/mol. The van der Waals surface area contributed by atoms with Gasteiger partial charge in [0.05, 0.1) is 12.0 Å². The summed E-state index contributed by atoms with van der Waals surface area (Å²) < 4.78 is 18.2. The minimum atomic E-state index is -0.570. The second kappa shape index (κ2) is 4.29. The summed E-state index contributed by atoms with van der Waals surface area (Å²) >= 11 is 0. The first-order valence-electron chi connectivity index (χ1n) is 4.98. The van der Waals surface area contributed by atoms with Crippen molar-refractivity contribution in [1.29, 1.82) is 0 Å². The molecule has 0 saturated carbocycles. The van der Waals surface area contributed by atoms with Gasteiger partial charge in [-0.2, -0.15) is 0 Å². The highest BCUT2D eigenvalue weighted by molar-refractivity contribution is 6.03. The third kappa shape index (κ3) is 2.28. The van der Waals surface area contributed by atoms with Gasteiger partial charge in [0.2, 0.25) is 0 Å². The van der Waals surface area contributed by atoms with E-state index >= 15 is 0 Å². The van der Waals surface area contributed by atoms with Gasteiger partial charge in [-0.15, -0.1) is 0 Å². The topological polar surface area (TPSA) is 68.3 Å². The number of nitrogens with one attached hydrogen (secondary N) is 1. The van der Waals surface area contributed by atoms with Crippen molar-refractivity contribution in [1.82, 2.24) is 0 Å². The summed E-state index contributed by atoms with van der Waals surface area (Å²) in [4.78, 5) is 11.7. The summed E-state index contributed by atoms with van der Waals surface area (Å²) in [6, 6.07) is 5.75. The van der Waals surface area contributed by atoms with Crippen LogP contribution in [-0.2, 0) is 0 Å². The fraction of sp³-hybridized carbons (Fsp3) is 0.0833. The Morgan fingerprint density at radius 2 is 2.18 bits per heavy atom. The van der Waals surface area contributed by atoms with Crippen molar-refractivity contribution in [3.8, 4) is 0 Å². The lowest BCUT2D eigenvalue weighted by Crippen LogP contribution is -2.12. The van der Waals surface area contributed by atoms with Gasteiger partial charge in [-0.25, -0.2) is 4.39 Å². The van der Waals surface area contributed by atoms with Gasteiger partial charge in [0.15, 0.2) is 5.76 Å². The molecule has 0 atom stereocenters. The SMILES string of the molecule is Cc1ccoc1C(=O)Nc1ccc(N)c(F)c1. The number of carbonyl (C=O) groups is 1. The van der Waals surface area contributed by atoms with E-state index in [9.17, 15) is 9.18 Å². The smallest absolute Gasteiger partial charge is 0.291 e. The molecule has 0 aliphatic heterocycles. The molecule has 88 valence electrons. The van der Waals surface area contributed by atoms with Gasteiger partial charge in [0, 0.05) is 11.3 Å². The minimum absolute atomic E-state index is 0.0391. The third-order valence-corrected chi connectivity index (χ3v) is 2.33. The first-order valence-corrected chi connectivity index (χ1v) is 4.98. The summed E-state index contributed by atoms with van der Waals surface area (Å²) in [6.45, 7) is 1.75. The lowest BCUT2D eigenvalue weighted by Gasteiger charge is -2.05. The Bertz CT molecular complexity index is 563. The number of nitrogens with two attached hydrogens (primary N) is 1. The number of furan rings is 1. The van der Waals surface area contributed by atoms with E-state index in [1.54, 1.807) is 13.0 Å². The van der Waals surface area contributed by atoms with Crippen LogP contribution in [-0.4, -0.2) is 5.91 Å². The van der Waals surface area contributed by atoms with E-state index in [-0.39, 0.29) is 11.4 Å². The van der Waals surface area contributed by atoms with Crippen LogP contribution in [0.2, 0.25) is 0 Å². The number of nitrogen functional groups attached to an aromatic ring is 1. The van der Waals surface area contributed by atoms with Crippen LogP contribution in [0.5, 0.6) is 0 Å². The molecular formula is C12H11FN2O2. The van der Waals surface area contributed by atoms with Crippen molar-refractivity contribution >= 4 is 17.3 Å². The van der Waals surface area contributed by atoms with Crippen LogP contribution < -0.4 is 11.1 Å². The maximum atomic E-state index is 13.2. The molecule has 1 amide bonds. The molecule has 1 heterocycles. The predicted molar refractivity (Wildman–Crippen MR) is 62.2 cm³/mol. The number of amides is 1. The van der Waals surface area contributed by atoms with Gasteiger partial charge in [-0.1, -0.05) is 0 Å². The molecule has 3 N–H and O–H groups in total. The fourth-order valence-electron chi connectivity index (χ4n) is 1.40. The van der Waals surface area contributed by atoms with E-state index in [4.69, 9.17) is 10.2 Å². The van der Waals surface area contributed by atoms with Crippen molar-refractivity contribution in [2.24, 2.45) is 0 Å². The van der Waals surface area contributed by atoms with Gasteiger partial charge < -0.3 is 15.5 Å². The molecule has 0 fully saturated rings. The molecule has 0 bridgehead atoms. The molecule has 0 aliphatic carbocycles. The van der Waals surface area contributed by atoms with E-state index < -0.39 is 11.7 Å². The quantitative estimate of drug-likeness (QED) is 0.784. The van der Waals surface area contributed by atoms with E-state index in [1.807, 2.05) is 0 Å². The molecule has 0 saturated heterocycles. The fourth-order valence-corrected chi connectivity index (χ4v) is 1.40. The largest absolute Gasteiger partial charge is 0.459 e. The average Bonchev–Trinajstić information content (AvgIpc) is 2.70. The summed E-state index contributed by atoms with van der Waals surface area (Å²) in [7, 11) is 0. The Kier molecular flexibility index (Phi) is 2.82. The van der Waals surface area contributed by atoms with Crippen LogP contribution in [0.25, 0.3) is 0 Å². The lowest BCUT2D eigenvalue weighted by molar-refractivity contribution is 0.0996. The first kappa shape index (κ1) is 11.2. The molecule has 5 heteroatoms. The molecular weight excluding hydrogens is 223 g/mol. The maximum absolute atomic E-state index is 13.2. The van der Waals surface area contributed by atoms with Gasteiger partial charge in [0.1, 0.15) is 5.82 Å². The van der Waals surface area contributed by atoms with Crippen molar-refractivity contribution in [3.63, 3.8) is 0 Å². The van der Waals surface area contributed by atoms with Gasteiger partial charge in [-0.05, 0) is 31.2 Å². The first-order chi connectivity index (χ1) is 8.08. The number of benzene rings is 1. The molecule has 0 spiro atoms. The highest BCUT2D eigenvalue weighted by atomic mass is 19.1. The monoisotopic (exact) mass is 234 g/mol. The van der Waals surface area contributed by atoms with E-state index in [1.165, 1.54) is 18.4 Å². The Hall–Kier alpha value is -2.30. The molecule has 4 nitrogen and oxygen atoms in total. The lowest BCUT2D eigenvalue weighted by atomic mass is 10.2. The van der Waals surface area contributed by atoms with Gasteiger partial charge in [-0.3, -0.25) is 4.79 Å². The molecule has 1 aromatic heterocycles. The van der Waals surface area contributed by atoms with E-state index in [0.29, 0.717) is 5.69 Å². The predicted octanol–water partition coefficient (Wildman–Crippen LogP) is 2.56. The van der Waals surface area contributed by atoms with E-state index in [0.717, 1.165) is 11.6 Å². The number of aryl methyl sites for hydroxylation is 1. The van der Waals surface area contributed by atoms with Gasteiger partial charge in [0.25, 0.3) is 5.91 Å². The van der Waals surface area contributed by atoms with Crippen LogP contribution in [0.1, 0.15) is 16.1 Å². The molecule has 2 aromatic rings. The molecule has 0 aliphatic rings. The van der Waals surface area contributed by atoms with Crippen molar-refractivity contribution < 1.29 is 13.6 Å². The highest BCUT2D eigenvalue weighted by Gasteiger charge is 2.13. The number of hydrogen-bond acceptors (Lipinski definition) is 3. The molecule has 0 unspecified atom stereocenters. The van der Waals surface area contributed by atoms with Crippen LogP contribution in [0.15, 0.2) is 34.9 Å². The summed E-state index contributed by atoms with van der Waals surface area (Å²) in [5, 5.41) is 2.52. The maximum Gasteiger partial charge on any atom is 0.291 e. The van der Waals surface area contributed by atoms with Gasteiger partial charge >= 0.3 is 0 Å². The van der Waals surface area contributed by atoms with Crippen LogP contribution >= 0.6 is 0 Å². The highest BCUT2D eigenvalue weighted by Crippen LogP contribution is 2.17. The Balaban J connectivity index is 2.19. The number of rotatable bonds is 2. The van der Waals surface area contributed by atoms with Crippen molar-refractivity contribution in [2.45, 2.75) is 6.92 Å². The van der Waals surface area contributed by atoms with Crippen molar-refractivity contribution in [2.75, 3.05) is 11.1 Å². The zero-order valence-electron chi connectivity index (χ0n) is 9.16. The second-order valence-electron chi connectivity index (χ2n) is 3.62. The summed E-state index contributed by atoms with van der Waals surface area (Å²) in [5.74, 6) is -0.780. The zero-order chi connectivity index (χ0) is 12.4. The second-order valence-corrected chi connectivity index (χ2v) is 3.62. The number of halogens is 1. The minimum Gasteiger partial charge on any atom is -0.459 e. The Labute approximate surface area is 97.2 Å². The number of hydrogen-bond donors (Lipinski definition) is 2. The number of carbonyl (C=O) groups excluding carboxylic acids is 1. The normalized spacial score (nSPS) is 10.2. The van der Waals surface area contributed by atoms with Crippen LogP contribution in [0.3, 0.4) is 0 Å². The molecule has 0 radical (unpaired) electrons. The standard InChI is InChI=1S/C12H11FN2O2/c1-7-4-5-17-11(7)12(16)15-8-2-3-10(14)9(13)6-8/h2-6H,14H2,1H3,(H,15,16). The molecule has 17 heavy (non-hydrogen) atoms. The Morgan fingerprint density at radius 3 is 2.76 bits per heavy atom.